The average molecular weight is 416 g/mol. The van der Waals surface area contributed by atoms with Crippen molar-refractivity contribution in [3.05, 3.63) is 57.8 Å². The van der Waals surface area contributed by atoms with Crippen molar-refractivity contribution in [2.75, 3.05) is 13.1 Å². The Balaban J connectivity index is 1.50. The van der Waals surface area contributed by atoms with Gasteiger partial charge in [-0.2, -0.15) is 14.9 Å². The lowest BCUT2D eigenvalue weighted by atomic mass is 10.1. The zero-order valence-electron chi connectivity index (χ0n) is 15.7. The molecule has 0 unspecified atom stereocenters. The molecule has 28 heavy (non-hydrogen) atoms. The fourth-order valence-electron chi connectivity index (χ4n) is 3.33. The van der Waals surface area contributed by atoms with E-state index in [4.69, 9.17) is 28.2 Å². The van der Waals surface area contributed by atoms with Gasteiger partial charge in [0.2, 0.25) is 4.77 Å². The molecule has 0 atom stereocenters. The van der Waals surface area contributed by atoms with Crippen LogP contribution in [0.5, 0.6) is 0 Å². The summed E-state index contributed by atoms with van der Waals surface area (Å²) in [4.78, 5) is 2.38. The van der Waals surface area contributed by atoms with Gasteiger partial charge in [-0.25, -0.2) is 4.68 Å². The minimum Gasteiger partial charge on any atom is -0.455 e. The van der Waals surface area contributed by atoms with Crippen LogP contribution in [0, 0.1) is 11.7 Å². The molecule has 3 aromatic rings. The minimum atomic E-state index is 0.587. The maximum Gasteiger partial charge on any atom is 0.220 e. The maximum atomic E-state index is 5.94. The van der Waals surface area contributed by atoms with Crippen molar-refractivity contribution in [2.24, 2.45) is 5.10 Å². The zero-order chi connectivity index (χ0) is 19.5. The molecule has 0 amide bonds. The number of hydrogen-bond acceptors (Lipinski definition) is 5. The molecule has 1 aliphatic rings. The highest BCUT2D eigenvalue weighted by Crippen LogP contribution is 2.23. The van der Waals surface area contributed by atoms with Crippen molar-refractivity contribution in [1.29, 1.82) is 0 Å². The van der Waals surface area contributed by atoms with Crippen molar-refractivity contribution < 1.29 is 4.42 Å². The molecule has 1 fully saturated rings. The third-order valence-electron chi connectivity index (χ3n) is 4.81. The summed E-state index contributed by atoms with van der Waals surface area (Å²) in [5.41, 5.74) is 0.964. The van der Waals surface area contributed by atoms with Crippen LogP contribution in [0.1, 0.15) is 30.8 Å². The topological polar surface area (TPSA) is 51.5 Å². The fourth-order valence-corrected chi connectivity index (χ4v) is 3.73. The largest absolute Gasteiger partial charge is 0.455 e. The molecule has 4 rings (SSSR count). The quantitative estimate of drug-likeness (QED) is 0.436. The summed E-state index contributed by atoms with van der Waals surface area (Å²) in [5, 5.41) is 9.73. The summed E-state index contributed by atoms with van der Waals surface area (Å²) in [6, 6.07) is 11.3. The van der Waals surface area contributed by atoms with Gasteiger partial charge in [-0.05, 0) is 81.5 Å². The van der Waals surface area contributed by atoms with E-state index in [0.29, 0.717) is 22.2 Å². The fraction of sp³-hybridized carbons (Fsp3) is 0.350. The molecular weight excluding hydrogens is 394 g/mol. The number of nitrogens with zero attached hydrogens (tertiary/aromatic N) is 5. The van der Waals surface area contributed by atoms with Crippen LogP contribution in [-0.2, 0) is 6.67 Å². The van der Waals surface area contributed by atoms with E-state index in [9.17, 15) is 0 Å². The maximum absolute atomic E-state index is 5.94. The lowest BCUT2D eigenvalue weighted by Gasteiger charge is -2.25. The van der Waals surface area contributed by atoms with E-state index in [-0.39, 0.29) is 0 Å². The standard InChI is InChI=1S/C20H22ClN5OS/c1-15-23-25(14-24-11-3-2-4-12-24)20(28)26(15)22-13-18-9-10-19(27-18)16-5-7-17(21)8-6-16/h5-10,13H,2-4,11-12,14H2,1H3/b22-13-. The van der Waals surface area contributed by atoms with E-state index in [0.717, 1.165) is 30.2 Å². The summed E-state index contributed by atoms with van der Waals surface area (Å²) in [5.74, 6) is 2.16. The van der Waals surface area contributed by atoms with E-state index >= 15 is 0 Å². The van der Waals surface area contributed by atoms with Gasteiger partial charge in [-0.1, -0.05) is 18.0 Å². The van der Waals surface area contributed by atoms with Gasteiger partial charge in [0.15, 0.2) is 5.82 Å². The zero-order valence-corrected chi connectivity index (χ0v) is 17.3. The Morgan fingerprint density at radius 2 is 1.89 bits per heavy atom. The molecule has 1 saturated heterocycles. The Morgan fingerprint density at radius 3 is 2.64 bits per heavy atom. The van der Waals surface area contributed by atoms with Gasteiger partial charge in [0.25, 0.3) is 0 Å². The Hall–Kier alpha value is -2.22. The van der Waals surface area contributed by atoms with Gasteiger partial charge in [0.1, 0.15) is 11.5 Å². The second kappa shape index (κ2) is 8.43. The predicted octanol–water partition coefficient (Wildman–Crippen LogP) is 4.96. The van der Waals surface area contributed by atoms with Crippen molar-refractivity contribution in [1.82, 2.24) is 19.4 Å². The van der Waals surface area contributed by atoms with Crippen LogP contribution in [0.15, 0.2) is 45.9 Å². The molecule has 0 bridgehead atoms. The lowest BCUT2D eigenvalue weighted by Crippen LogP contribution is -2.32. The summed E-state index contributed by atoms with van der Waals surface area (Å²) >= 11 is 11.5. The van der Waals surface area contributed by atoms with E-state index < -0.39 is 0 Å². The molecule has 146 valence electrons. The van der Waals surface area contributed by atoms with Crippen LogP contribution in [0.4, 0.5) is 0 Å². The van der Waals surface area contributed by atoms with Gasteiger partial charge < -0.3 is 4.42 Å². The molecule has 3 heterocycles. The first kappa shape index (κ1) is 19.1. The van der Waals surface area contributed by atoms with Gasteiger partial charge in [0.05, 0.1) is 12.9 Å². The minimum absolute atomic E-state index is 0.587. The summed E-state index contributed by atoms with van der Waals surface area (Å²) in [6.45, 7) is 4.80. The predicted molar refractivity (Wildman–Crippen MR) is 113 cm³/mol. The van der Waals surface area contributed by atoms with Crippen LogP contribution in [0.25, 0.3) is 11.3 Å². The van der Waals surface area contributed by atoms with Crippen LogP contribution < -0.4 is 0 Å². The number of likely N-dealkylation sites (tertiary alicyclic amines) is 1. The Labute approximate surface area is 174 Å². The number of aryl methyl sites for hydroxylation is 1. The second-order valence-corrected chi connectivity index (χ2v) is 7.72. The molecule has 0 aliphatic carbocycles. The SMILES string of the molecule is Cc1nn(CN2CCCCC2)c(=S)n1/N=C\c1ccc(-c2ccc(Cl)cc2)o1. The van der Waals surface area contributed by atoms with Crippen molar-refractivity contribution in [3.63, 3.8) is 0 Å². The number of benzene rings is 1. The van der Waals surface area contributed by atoms with Crippen LogP contribution in [0.3, 0.4) is 0 Å². The monoisotopic (exact) mass is 415 g/mol. The Bertz CT molecular complexity index is 1030. The first-order chi connectivity index (χ1) is 13.6. The summed E-state index contributed by atoms with van der Waals surface area (Å²) in [6.07, 6.45) is 5.44. The van der Waals surface area contributed by atoms with E-state index in [1.807, 2.05) is 48.0 Å². The first-order valence-electron chi connectivity index (χ1n) is 9.39. The smallest absolute Gasteiger partial charge is 0.220 e. The number of piperidine rings is 1. The third-order valence-corrected chi connectivity index (χ3v) is 5.45. The molecule has 1 aromatic carbocycles. The normalized spacial score (nSPS) is 15.5. The number of aromatic nitrogens is 3. The van der Waals surface area contributed by atoms with Gasteiger partial charge in [-0.3, -0.25) is 4.90 Å². The van der Waals surface area contributed by atoms with Crippen LogP contribution >= 0.6 is 23.8 Å². The number of rotatable bonds is 5. The van der Waals surface area contributed by atoms with Crippen molar-refractivity contribution >= 4 is 30.0 Å². The van der Waals surface area contributed by atoms with Crippen molar-refractivity contribution in [2.45, 2.75) is 32.9 Å². The molecule has 0 radical (unpaired) electrons. The van der Waals surface area contributed by atoms with Crippen LogP contribution in [0.2, 0.25) is 5.02 Å². The van der Waals surface area contributed by atoms with Crippen LogP contribution in [-0.4, -0.2) is 38.7 Å². The van der Waals surface area contributed by atoms with Gasteiger partial charge in [0, 0.05) is 10.6 Å². The van der Waals surface area contributed by atoms with E-state index in [1.165, 1.54) is 19.3 Å². The molecule has 6 nitrogen and oxygen atoms in total. The highest BCUT2D eigenvalue weighted by atomic mass is 35.5. The van der Waals surface area contributed by atoms with E-state index in [1.54, 1.807) is 10.9 Å². The second-order valence-electron chi connectivity index (χ2n) is 6.91. The highest BCUT2D eigenvalue weighted by molar-refractivity contribution is 7.71. The highest BCUT2D eigenvalue weighted by Gasteiger charge is 2.13. The Morgan fingerprint density at radius 1 is 1.14 bits per heavy atom. The average Bonchev–Trinajstić information content (AvgIpc) is 3.27. The molecule has 0 N–H and O–H groups in total. The number of hydrogen-bond donors (Lipinski definition) is 0. The molecular formula is C20H22ClN5OS. The molecule has 0 spiro atoms. The van der Waals surface area contributed by atoms with Gasteiger partial charge in [-0.15, -0.1) is 0 Å². The van der Waals surface area contributed by atoms with E-state index in [2.05, 4.69) is 15.1 Å². The summed E-state index contributed by atoms with van der Waals surface area (Å²) < 4.78 is 9.96. The molecule has 8 heteroatoms. The summed E-state index contributed by atoms with van der Waals surface area (Å²) in [7, 11) is 0. The third kappa shape index (κ3) is 4.27. The molecule has 2 aromatic heterocycles. The molecule has 1 aliphatic heterocycles. The first-order valence-corrected chi connectivity index (χ1v) is 10.2. The number of halogens is 1. The Kier molecular flexibility index (Phi) is 5.75. The van der Waals surface area contributed by atoms with Gasteiger partial charge >= 0.3 is 0 Å². The lowest BCUT2D eigenvalue weighted by molar-refractivity contribution is 0.172. The number of furan rings is 1. The molecule has 0 saturated carbocycles. The van der Waals surface area contributed by atoms with Crippen molar-refractivity contribution in [3.8, 4) is 11.3 Å².